The molecule has 1 aromatic heterocycles. The lowest BCUT2D eigenvalue weighted by Crippen LogP contribution is -2.23. The summed E-state index contributed by atoms with van der Waals surface area (Å²) in [7, 11) is 0. The summed E-state index contributed by atoms with van der Waals surface area (Å²) in [4.78, 5) is 17.7. The average molecular weight is 421 g/mol. The molecule has 0 saturated carbocycles. The maximum absolute atomic E-state index is 13.0. The lowest BCUT2D eigenvalue weighted by atomic mass is 10.0. The average Bonchev–Trinajstić information content (AvgIpc) is 2.74. The monoisotopic (exact) mass is 420 g/mol. The van der Waals surface area contributed by atoms with Crippen LogP contribution in [0.3, 0.4) is 0 Å². The fourth-order valence-corrected chi connectivity index (χ4v) is 3.45. The first kappa shape index (κ1) is 19.4. The third-order valence-electron chi connectivity index (χ3n) is 4.75. The molecule has 0 spiro atoms. The summed E-state index contributed by atoms with van der Waals surface area (Å²) < 4.78 is 0. The number of rotatable bonds is 4. The molecule has 3 nitrogen and oxygen atoms in total. The van der Waals surface area contributed by atoms with Crippen LogP contribution >= 0.6 is 23.2 Å². The topological polar surface area (TPSA) is 42.0 Å². The lowest BCUT2D eigenvalue weighted by molar-refractivity contribution is 0.0952. The minimum Gasteiger partial charge on any atom is -0.348 e. The molecule has 0 aliphatic heterocycles. The Morgan fingerprint density at radius 2 is 1.69 bits per heavy atom. The van der Waals surface area contributed by atoms with Crippen LogP contribution in [-0.4, -0.2) is 10.9 Å². The van der Waals surface area contributed by atoms with E-state index in [1.807, 2.05) is 61.5 Å². The van der Waals surface area contributed by atoms with E-state index in [1.165, 1.54) is 5.56 Å². The fourth-order valence-electron chi connectivity index (χ4n) is 3.15. The number of benzene rings is 3. The molecule has 1 N–H and O–H groups in total. The smallest absolute Gasteiger partial charge is 0.252 e. The standard InChI is InChI=1S/C24H18Cl2N2O/c1-15-6-8-16(9-7-15)14-27-24(29)19-13-23(17-10-11-20(25)21(26)12-17)28-22-5-3-2-4-18(19)22/h2-13H,14H2,1H3,(H,27,29). The summed E-state index contributed by atoms with van der Waals surface area (Å²) in [6.07, 6.45) is 0. The van der Waals surface area contributed by atoms with Crippen molar-refractivity contribution in [3.05, 3.63) is 99.5 Å². The zero-order valence-corrected chi connectivity index (χ0v) is 17.3. The number of pyridine rings is 1. The molecule has 4 aromatic rings. The highest BCUT2D eigenvalue weighted by Gasteiger charge is 2.14. The molecule has 144 valence electrons. The Labute approximate surface area is 179 Å². The van der Waals surface area contributed by atoms with Gasteiger partial charge in [0.1, 0.15) is 0 Å². The van der Waals surface area contributed by atoms with E-state index in [1.54, 1.807) is 18.2 Å². The van der Waals surface area contributed by atoms with Gasteiger partial charge in [-0.15, -0.1) is 0 Å². The number of hydrogen-bond acceptors (Lipinski definition) is 2. The van der Waals surface area contributed by atoms with Gasteiger partial charge in [0.2, 0.25) is 0 Å². The number of fused-ring (bicyclic) bond motifs is 1. The van der Waals surface area contributed by atoms with Crippen LogP contribution in [0.4, 0.5) is 0 Å². The van der Waals surface area contributed by atoms with Crippen LogP contribution in [0.15, 0.2) is 72.8 Å². The number of amides is 1. The van der Waals surface area contributed by atoms with Crippen molar-refractivity contribution in [3.8, 4) is 11.3 Å². The first-order valence-corrected chi connectivity index (χ1v) is 9.96. The molecular weight excluding hydrogens is 403 g/mol. The second-order valence-electron chi connectivity index (χ2n) is 6.87. The maximum Gasteiger partial charge on any atom is 0.252 e. The van der Waals surface area contributed by atoms with E-state index in [0.29, 0.717) is 27.8 Å². The molecule has 0 radical (unpaired) electrons. The molecule has 0 bridgehead atoms. The Morgan fingerprint density at radius 1 is 0.931 bits per heavy atom. The van der Waals surface area contributed by atoms with Crippen molar-refractivity contribution < 1.29 is 4.79 Å². The maximum atomic E-state index is 13.0. The van der Waals surface area contributed by atoms with Gasteiger partial charge in [-0.3, -0.25) is 4.79 Å². The first-order valence-electron chi connectivity index (χ1n) is 9.20. The number of hydrogen-bond donors (Lipinski definition) is 1. The molecule has 0 aliphatic carbocycles. The number of aromatic nitrogens is 1. The molecule has 4 rings (SSSR count). The van der Waals surface area contributed by atoms with E-state index >= 15 is 0 Å². The Kier molecular flexibility index (Phi) is 5.52. The molecule has 0 atom stereocenters. The van der Waals surface area contributed by atoms with Crippen molar-refractivity contribution >= 4 is 40.0 Å². The van der Waals surface area contributed by atoms with E-state index in [9.17, 15) is 4.79 Å². The van der Waals surface area contributed by atoms with Gasteiger partial charge in [0.25, 0.3) is 5.91 Å². The molecule has 0 saturated heterocycles. The van der Waals surface area contributed by atoms with Gasteiger partial charge in [0.05, 0.1) is 26.8 Å². The summed E-state index contributed by atoms with van der Waals surface area (Å²) in [6.45, 7) is 2.49. The minimum absolute atomic E-state index is 0.148. The van der Waals surface area contributed by atoms with Gasteiger partial charge in [-0.05, 0) is 36.8 Å². The van der Waals surface area contributed by atoms with Crippen molar-refractivity contribution in [1.82, 2.24) is 10.3 Å². The van der Waals surface area contributed by atoms with Gasteiger partial charge in [-0.1, -0.05) is 77.3 Å². The SMILES string of the molecule is Cc1ccc(CNC(=O)c2cc(-c3ccc(Cl)c(Cl)c3)nc3ccccc23)cc1. The second kappa shape index (κ2) is 8.24. The highest BCUT2D eigenvalue weighted by molar-refractivity contribution is 6.42. The van der Waals surface area contributed by atoms with Crippen molar-refractivity contribution in [2.45, 2.75) is 13.5 Å². The molecule has 29 heavy (non-hydrogen) atoms. The van der Waals surface area contributed by atoms with Crippen LogP contribution in [0.25, 0.3) is 22.2 Å². The molecular formula is C24H18Cl2N2O. The number of nitrogens with zero attached hydrogens (tertiary/aromatic N) is 1. The summed E-state index contributed by atoms with van der Waals surface area (Å²) >= 11 is 12.2. The van der Waals surface area contributed by atoms with Crippen molar-refractivity contribution in [2.24, 2.45) is 0 Å². The Balaban J connectivity index is 1.71. The number of nitrogens with one attached hydrogen (secondary N) is 1. The predicted octanol–water partition coefficient (Wildman–Crippen LogP) is 6.45. The van der Waals surface area contributed by atoms with Gasteiger partial charge in [0.15, 0.2) is 0 Å². The number of para-hydroxylation sites is 1. The van der Waals surface area contributed by atoms with Crippen molar-refractivity contribution in [2.75, 3.05) is 0 Å². The highest BCUT2D eigenvalue weighted by Crippen LogP contribution is 2.30. The predicted molar refractivity (Wildman–Crippen MR) is 120 cm³/mol. The summed E-state index contributed by atoms with van der Waals surface area (Å²) in [5.41, 5.74) is 5.03. The molecule has 0 aliphatic rings. The molecule has 1 heterocycles. The Morgan fingerprint density at radius 3 is 2.45 bits per heavy atom. The van der Waals surface area contributed by atoms with E-state index in [0.717, 1.165) is 22.0 Å². The first-order chi connectivity index (χ1) is 14.0. The number of carbonyl (C=O) groups excluding carboxylic acids is 1. The number of halogens is 2. The Hall–Kier alpha value is -2.88. The van der Waals surface area contributed by atoms with Gasteiger partial charge in [-0.25, -0.2) is 4.98 Å². The number of aryl methyl sites for hydroxylation is 1. The van der Waals surface area contributed by atoms with E-state index in [2.05, 4.69) is 5.32 Å². The zero-order valence-electron chi connectivity index (χ0n) is 15.7. The van der Waals surface area contributed by atoms with E-state index in [-0.39, 0.29) is 5.91 Å². The summed E-state index contributed by atoms with van der Waals surface area (Å²) in [5.74, 6) is -0.148. The van der Waals surface area contributed by atoms with Crippen LogP contribution in [0.5, 0.6) is 0 Å². The quantitative estimate of drug-likeness (QED) is 0.412. The third-order valence-corrected chi connectivity index (χ3v) is 5.49. The van der Waals surface area contributed by atoms with Gasteiger partial charge >= 0.3 is 0 Å². The molecule has 0 fully saturated rings. The van der Waals surface area contributed by atoms with Crippen LogP contribution in [0.1, 0.15) is 21.5 Å². The number of carbonyl (C=O) groups is 1. The summed E-state index contributed by atoms with van der Waals surface area (Å²) in [5, 5.41) is 4.74. The van der Waals surface area contributed by atoms with Gasteiger partial charge < -0.3 is 5.32 Å². The third kappa shape index (κ3) is 4.26. The second-order valence-corrected chi connectivity index (χ2v) is 7.68. The molecule has 0 unspecified atom stereocenters. The van der Waals surface area contributed by atoms with Crippen molar-refractivity contribution in [3.63, 3.8) is 0 Å². The minimum atomic E-state index is -0.148. The summed E-state index contributed by atoms with van der Waals surface area (Å²) in [6, 6.07) is 22.8. The molecule has 3 aromatic carbocycles. The van der Waals surface area contributed by atoms with Crippen LogP contribution in [0, 0.1) is 6.92 Å². The van der Waals surface area contributed by atoms with Gasteiger partial charge in [-0.2, -0.15) is 0 Å². The normalized spacial score (nSPS) is 10.9. The van der Waals surface area contributed by atoms with Crippen LogP contribution < -0.4 is 5.32 Å². The molecule has 1 amide bonds. The lowest BCUT2D eigenvalue weighted by Gasteiger charge is -2.11. The Bertz CT molecular complexity index is 1200. The van der Waals surface area contributed by atoms with E-state index < -0.39 is 0 Å². The van der Waals surface area contributed by atoms with Crippen LogP contribution in [-0.2, 0) is 6.54 Å². The van der Waals surface area contributed by atoms with E-state index in [4.69, 9.17) is 28.2 Å². The highest BCUT2D eigenvalue weighted by atomic mass is 35.5. The largest absolute Gasteiger partial charge is 0.348 e. The van der Waals surface area contributed by atoms with Gasteiger partial charge in [0, 0.05) is 17.5 Å². The fraction of sp³-hybridized carbons (Fsp3) is 0.0833. The van der Waals surface area contributed by atoms with Crippen molar-refractivity contribution in [1.29, 1.82) is 0 Å². The van der Waals surface area contributed by atoms with Crippen LogP contribution in [0.2, 0.25) is 10.0 Å². The zero-order chi connectivity index (χ0) is 20.4. The molecule has 5 heteroatoms.